The van der Waals surface area contributed by atoms with Crippen LogP contribution in [0.4, 0.5) is 4.39 Å². The summed E-state index contributed by atoms with van der Waals surface area (Å²) in [6.07, 6.45) is 0.643. The molecule has 0 spiro atoms. The van der Waals surface area contributed by atoms with Crippen molar-refractivity contribution in [1.29, 1.82) is 0 Å². The fraction of sp³-hybridized carbons (Fsp3) is 0.500. The summed E-state index contributed by atoms with van der Waals surface area (Å²) in [5.41, 5.74) is 0.384. The Hall–Kier alpha value is -0.980. The minimum atomic E-state index is -3.64. The first-order chi connectivity index (χ1) is 8.41. The fourth-order valence-corrected chi connectivity index (χ4v) is 3.90. The quantitative estimate of drug-likeness (QED) is 0.883. The molecule has 0 amide bonds. The van der Waals surface area contributed by atoms with E-state index >= 15 is 0 Å². The number of halogens is 1. The molecule has 1 heterocycles. The van der Waals surface area contributed by atoms with Crippen LogP contribution in [0.15, 0.2) is 23.1 Å². The highest BCUT2D eigenvalue weighted by atomic mass is 32.2. The Morgan fingerprint density at radius 2 is 2.17 bits per heavy atom. The molecule has 1 aliphatic heterocycles. The topological polar surface area (TPSA) is 57.6 Å². The van der Waals surface area contributed by atoms with Crippen LogP contribution < -0.4 is 0 Å². The monoisotopic (exact) mass is 273 g/mol. The lowest BCUT2D eigenvalue weighted by atomic mass is 10.1. The fourth-order valence-electron chi connectivity index (χ4n) is 2.18. The van der Waals surface area contributed by atoms with Gasteiger partial charge >= 0.3 is 0 Å². The summed E-state index contributed by atoms with van der Waals surface area (Å²) in [6.45, 7) is 2.08. The number of hydrogen-bond donors (Lipinski definition) is 1. The van der Waals surface area contributed by atoms with E-state index in [4.69, 9.17) is 0 Å². The Labute approximate surface area is 106 Å². The van der Waals surface area contributed by atoms with Crippen LogP contribution in [0, 0.1) is 12.7 Å². The van der Waals surface area contributed by atoms with E-state index in [1.165, 1.54) is 16.4 Å². The lowest BCUT2D eigenvalue weighted by Gasteiger charge is -2.29. The largest absolute Gasteiger partial charge is 0.392 e. The maximum Gasteiger partial charge on any atom is 0.243 e. The molecule has 1 unspecified atom stereocenters. The SMILES string of the molecule is Cc1cc(F)ccc1S(=O)(=O)N1CCCC(O)C1. The predicted octanol–water partition coefficient (Wildman–Crippen LogP) is 1.28. The number of β-amino-alcohol motifs (C(OH)–C–C–N with tert-alkyl or cyclic N) is 1. The average molecular weight is 273 g/mol. The lowest BCUT2D eigenvalue weighted by Crippen LogP contribution is -2.42. The molecule has 0 bridgehead atoms. The summed E-state index contributed by atoms with van der Waals surface area (Å²) in [4.78, 5) is 0.109. The van der Waals surface area contributed by atoms with Gasteiger partial charge in [-0.25, -0.2) is 12.8 Å². The van der Waals surface area contributed by atoms with Crippen molar-refractivity contribution in [2.45, 2.75) is 30.8 Å². The number of hydrogen-bond acceptors (Lipinski definition) is 3. The smallest absolute Gasteiger partial charge is 0.243 e. The standard InChI is InChI=1S/C12H16FNO3S/c1-9-7-10(13)4-5-12(9)18(16,17)14-6-2-3-11(15)8-14/h4-5,7,11,15H,2-3,6,8H2,1H3. The molecule has 1 aromatic rings. The van der Waals surface area contributed by atoms with Crippen LogP contribution in [-0.4, -0.2) is 37.0 Å². The zero-order valence-corrected chi connectivity index (χ0v) is 11.0. The van der Waals surface area contributed by atoms with Gasteiger partial charge in [-0.2, -0.15) is 4.31 Å². The summed E-state index contributed by atoms with van der Waals surface area (Å²) in [7, 11) is -3.64. The second-order valence-electron chi connectivity index (χ2n) is 4.57. The third kappa shape index (κ3) is 2.55. The number of piperidine rings is 1. The number of sulfonamides is 1. The zero-order chi connectivity index (χ0) is 13.3. The van der Waals surface area contributed by atoms with E-state index in [0.717, 1.165) is 6.07 Å². The number of aryl methyl sites for hydroxylation is 1. The molecule has 1 N–H and O–H groups in total. The van der Waals surface area contributed by atoms with Crippen molar-refractivity contribution in [3.8, 4) is 0 Å². The first-order valence-electron chi connectivity index (χ1n) is 5.85. The molecule has 6 heteroatoms. The number of benzene rings is 1. The van der Waals surface area contributed by atoms with Crippen molar-refractivity contribution >= 4 is 10.0 Å². The van der Waals surface area contributed by atoms with Gasteiger partial charge in [0.2, 0.25) is 10.0 Å². The maximum atomic E-state index is 13.0. The minimum Gasteiger partial charge on any atom is -0.392 e. The van der Waals surface area contributed by atoms with E-state index in [9.17, 15) is 17.9 Å². The summed E-state index contributed by atoms with van der Waals surface area (Å²) < 4.78 is 39.0. The molecule has 1 fully saturated rings. The van der Waals surface area contributed by atoms with Crippen LogP contribution >= 0.6 is 0 Å². The highest BCUT2D eigenvalue weighted by molar-refractivity contribution is 7.89. The molecule has 4 nitrogen and oxygen atoms in total. The number of aliphatic hydroxyl groups is 1. The second-order valence-corrected chi connectivity index (χ2v) is 6.48. The molecule has 0 radical (unpaired) electrons. The van der Waals surface area contributed by atoms with Gasteiger partial charge < -0.3 is 5.11 Å². The van der Waals surface area contributed by atoms with Crippen molar-refractivity contribution in [1.82, 2.24) is 4.31 Å². The van der Waals surface area contributed by atoms with E-state index in [2.05, 4.69) is 0 Å². The van der Waals surface area contributed by atoms with Crippen LogP contribution in [0.1, 0.15) is 18.4 Å². The van der Waals surface area contributed by atoms with Gasteiger partial charge in [0.25, 0.3) is 0 Å². The van der Waals surface area contributed by atoms with Crippen LogP contribution in [0.5, 0.6) is 0 Å². The molecule has 1 aliphatic rings. The summed E-state index contributed by atoms with van der Waals surface area (Å²) in [6, 6.07) is 3.62. The first-order valence-corrected chi connectivity index (χ1v) is 7.29. The van der Waals surface area contributed by atoms with E-state index in [1.807, 2.05) is 0 Å². The molecule has 1 atom stereocenters. The van der Waals surface area contributed by atoms with E-state index in [1.54, 1.807) is 6.92 Å². The molecule has 0 saturated carbocycles. The highest BCUT2D eigenvalue weighted by Crippen LogP contribution is 2.23. The van der Waals surface area contributed by atoms with Gasteiger partial charge in [0.15, 0.2) is 0 Å². The number of aliphatic hydroxyl groups excluding tert-OH is 1. The Balaban J connectivity index is 2.35. The molecule has 100 valence electrons. The summed E-state index contributed by atoms with van der Waals surface area (Å²) in [5, 5.41) is 9.54. The molecule has 1 saturated heterocycles. The third-order valence-corrected chi connectivity index (χ3v) is 5.14. The van der Waals surface area contributed by atoms with Gasteiger partial charge in [-0.3, -0.25) is 0 Å². The Bertz CT molecular complexity index is 544. The number of nitrogens with zero attached hydrogens (tertiary/aromatic N) is 1. The molecule has 2 rings (SSSR count). The molecule has 0 aliphatic carbocycles. The first kappa shape index (κ1) is 13.5. The molecular formula is C12H16FNO3S. The molecule has 0 aromatic heterocycles. The average Bonchev–Trinajstić information content (AvgIpc) is 2.28. The maximum absolute atomic E-state index is 13.0. The van der Waals surface area contributed by atoms with Gasteiger partial charge in [-0.1, -0.05) is 0 Å². The van der Waals surface area contributed by atoms with Gasteiger partial charge in [0.05, 0.1) is 11.0 Å². The van der Waals surface area contributed by atoms with Crippen LogP contribution in [0.25, 0.3) is 0 Å². The van der Waals surface area contributed by atoms with Crippen LogP contribution in [0.3, 0.4) is 0 Å². The highest BCUT2D eigenvalue weighted by Gasteiger charge is 2.30. The minimum absolute atomic E-state index is 0.109. The Morgan fingerprint density at radius 3 is 2.78 bits per heavy atom. The lowest BCUT2D eigenvalue weighted by molar-refractivity contribution is 0.108. The normalized spacial score (nSPS) is 22.1. The van der Waals surface area contributed by atoms with Crippen molar-refractivity contribution in [3.63, 3.8) is 0 Å². The van der Waals surface area contributed by atoms with Gasteiger partial charge in [-0.05, 0) is 43.5 Å². The van der Waals surface area contributed by atoms with Crippen molar-refractivity contribution in [2.24, 2.45) is 0 Å². The van der Waals surface area contributed by atoms with Crippen molar-refractivity contribution in [2.75, 3.05) is 13.1 Å². The third-order valence-electron chi connectivity index (χ3n) is 3.11. The van der Waals surface area contributed by atoms with Crippen molar-refractivity contribution in [3.05, 3.63) is 29.6 Å². The number of rotatable bonds is 2. The Kier molecular flexibility index (Phi) is 3.70. The van der Waals surface area contributed by atoms with E-state index < -0.39 is 21.9 Å². The van der Waals surface area contributed by atoms with Gasteiger partial charge in [-0.15, -0.1) is 0 Å². The van der Waals surface area contributed by atoms with Crippen LogP contribution in [-0.2, 0) is 10.0 Å². The summed E-state index contributed by atoms with van der Waals surface area (Å²) in [5.74, 6) is -0.454. The van der Waals surface area contributed by atoms with E-state index in [-0.39, 0.29) is 11.4 Å². The summed E-state index contributed by atoms with van der Waals surface area (Å²) >= 11 is 0. The van der Waals surface area contributed by atoms with Crippen LogP contribution in [0.2, 0.25) is 0 Å². The van der Waals surface area contributed by atoms with Crippen molar-refractivity contribution < 1.29 is 17.9 Å². The molecular weight excluding hydrogens is 257 g/mol. The van der Waals surface area contributed by atoms with Gasteiger partial charge in [0.1, 0.15) is 5.82 Å². The zero-order valence-electron chi connectivity index (χ0n) is 10.1. The predicted molar refractivity (Wildman–Crippen MR) is 65.1 cm³/mol. The molecule has 18 heavy (non-hydrogen) atoms. The van der Waals surface area contributed by atoms with Gasteiger partial charge in [0, 0.05) is 13.1 Å². The van der Waals surface area contributed by atoms with E-state index in [0.29, 0.717) is 24.9 Å². The molecule has 1 aromatic carbocycles. The Morgan fingerprint density at radius 1 is 1.44 bits per heavy atom. The second kappa shape index (κ2) is 4.95.